The summed E-state index contributed by atoms with van der Waals surface area (Å²) in [6.07, 6.45) is -0.0993. The second-order valence-corrected chi connectivity index (χ2v) is 6.55. The Morgan fingerprint density at radius 1 is 1.42 bits per heavy atom. The minimum absolute atomic E-state index is 0.0350. The van der Waals surface area contributed by atoms with Crippen LogP contribution in [0.25, 0.3) is 0 Å². The van der Waals surface area contributed by atoms with Crippen LogP contribution in [0, 0.1) is 5.92 Å². The van der Waals surface area contributed by atoms with Crippen LogP contribution in [0.3, 0.4) is 0 Å². The third-order valence-electron chi connectivity index (χ3n) is 3.22. The maximum atomic E-state index is 5.94. The minimum atomic E-state index is -0.134. The summed E-state index contributed by atoms with van der Waals surface area (Å²) in [5.74, 6) is 1.94. The predicted molar refractivity (Wildman–Crippen MR) is 74.9 cm³/mol. The van der Waals surface area contributed by atoms with Crippen molar-refractivity contribution in [3.05, 3.63) is 22.1 Å². The number of rotatable bonds is 6. The van der Waals surface area contributed by atoms with Crippen molar-refractivity contribution in [2.45, 2.75) is 45.5 Å². The molecule has 1 aromatic rings. The van der Waals surface area contributed by atoms with E-state index >= 15 is 0 Å². The smallest absolute Gasteiger partial charge is 0.147 e. The van der Waals surface area contributed by atoms with E-state index in [1.165, 1.54) is 0 Å². The summed E-state index contributed by atoms with van der Waals surface area (Å²) >= 11 is 3.54. The van der Waals surface area contributed by atoms with E-state index in [-0.39, 0.29) is 24.6 Å². The third kappa shape index (κ3) is 3.21. The van der Waals surface area contributed by atoms with Gasteiger partial charge in [0.25, 0.3) is 0 Å². The molecule has 2 heterocycles. The fourth-order valence-corrected chi connectivity index (χ4v) is 2.64. The van der Waals surface area contributed by atoms with E-state index < -0.39 is 0 Å². The molecule has 1 aliphatic rings. The summed E-state index contributed by atoms with van der Waals surface area (Å²) in [6.45, 7) is 8.53. The molecule has 0 aliphatic carbocycles. The average molecular weight is 333 g/mol. The Morgan fingerprint density at radius 2 is 2.05 bits per heavy atom. The molecule has 2 rings (SSSR count). The van der Waals surface area contributed by atoms with Crippen molar-refractivity contribution < 1.29 is 18.6 Å². The normalized spacial score (nSPS) is 22.8. The monoisotopic (exact) mass is 332 g/mol. The van der Waals surface area contributed by atoms with Crippen molar-refractivity contribution in [2.24, 2.45) is 5.92 Å². The van der Waals surface area contributed by atoms with Crippen molar-refractivity contribution in [1.29, 1.82) is 0 Å². The van der Waals surface area contributed by atoms with Gasteiger partial charge in [-0.15, -0.1) is 0 Å². The SMILES string of the molecule is COCOC(c1oc(C2OC2(C)C)cc1Br)C(C)C. The van der Waals surface area contributed by atoms with Gasteiger partial charge in [0.2, 0.25) is 0 Å². The predicted octanol–water partition coefficient (Wildman–Crippen LogP) is 4.21. The molecule has 2 atom stereocenters. The molecule has 5 heteroatoms. The summed E-state index contributed by atoms with van der Waals surface area (Å²) in [6, 6.07) is 1.97. The fourth-order valence-electron chi connectivity index (χ4n) is 2.11. The van der Waals surface area contributed by atoms with Crippen LogP contribution in [0.2, 0.25) is 0 Å². The molecule has 0 N–H and O–H groups in total. The summed E-state index contributed by atoms with van der Waals surface area (Å²) in [7, 11) is 1.61. The molecule has 1 saturated heterocycles. The maximum Gasteiger partial charge on any atom is 0.147 e. The lowest BCUT2D eigenvalue weighted by Crippen LogP contribution is -2.12. The molecule has 0 amide bonds. The summed E-state index contributed by atoms with van der Waals surface area (Å²) in [4.78, 5) is 0. The Labute approximate surface area is 122 Å². The zero-order valence-corrected chi connectivity index (χ0v) is 13.6. The zero-order chi connectivity index (χ0) is 14.2. The number of hydrogen-bond donors (Lipinski definition) is 0. The van der Waals surface area contributed by atoms with Crippen LogP contribution < -0.4 is 0 Å². The van der Waals surface area contributed by atoms with Crippen molar-refractivity contribution in [3.8, 4) is 0 Å². The molecule has 19 heavy (non-hydrogen) atoms. The quantitative estimate of drug-likeness (QED) is 0.578. The molecule has 2 unspecified atom stereocenters. The lowest BCUT2D eigenvalue weighted by atomic mass is 10.1. The van der Waals surface area contributed by atoms with Crippen LogP contribution in [0.15, 0.2) is 15.0 Å². The number of halogens is 1. The van der Waals surface area contributed by atoms with Gasteiger partial charge in [0.15, 0.2) is 0 Å². The Hall–Kier alpha value is -0.360. The highest BCUT2D eigenvalue weighted by atomic mass is 79.9. The van der Waals surface area contributed by atoms with Crippen LogP contribution in [0.1, 0.15) is 51.4 Å². The van der Waals surface area contributed by atoms with Crippen molar-refractivity contribution in [2.75, 3.05) is 13.9 Å². The van der Waals surface area contributed by atoms with Gasteiger partial charge >= 0.3 is 0 Å². The number of furan rings is 1. The molecule has 0 bridgehead atoms. The first kappa shape index (κ1) is 15.0. The van der Waals surface area contributed by atoms with Crippen LogP contribution in [0.4, 0.5) is 0 Å². The van der Waals surface area contributed by atoms with E-state index in [2.05, 4.69) is 43.6 Å². The van der Waals surface area contributed by atoms with Gasteiger partial charge < -0.3 is 18.6 Å². The van der Waals surface area contributed by atoms with Crippen molar-refractivity contribution in [3.63, 3.8) is 0 Å². The van der Waals surface area contributed by atoms with Gasteiger partial charge in [-0.1, -0.05) is 13.8 Å². The second-order valence-electron chi connectivity index (χ2n) is 5.70. The van der Waals surface area contributed by atoms with Gasteiger partial charge in [-0.3, -0.25) is 0 Å². The van der Waals surface area contributed by atoms with E-state index in [0.29, 0.717) is 5.92 Å². The first-order chi connectivity index (χ1) is 8.86. The van der Waals surface area contributed by atoms with Gasteiger partial charge in [-0.25, -0.2) is 0 Å². The zero-order valence-electron chi connectivity index (χ0n) is 12.0. The summed E-state index contributed by atoms with van der Waals surface area (Å²) in [5.41, 5.74) is -0.130. The van der Waals surface area contributed by atoms with Gasteiger partial charge in [0.05, 0.1) is 10.1 Å². The summed E-state index contributed by atoms with van der Waals surface area (Å²) in [5, 5.41) is 0. The van der Waals surface area contributed by atoms with Gasteiger partial charge in [0, 0.05) is 7.11 Å². The molecule has 1 fully saturated rings. The third-order valence-corrected chi connectivity index (χ3v) is 3.84. The largest absolute Gasteiger partial charge is 0.459 e. The number of epoxide rings is 1. The average Bonchev–Trinajstić information content (AvgIpc) is 2.78. The summed E-state index contributed by atoms with van der Waals surface area (Å²) < 4.78 is 23.1. The Morgan fingerprint density at radius 3 is 2.53 bits per heavy atom. The lowest BCUT2D eigenvalue weighted by Gasteiger charge is -2.19. The number of hydrogen-bond acceptors (Lipinski definition) is 4. The molecule has 0 spiro atoms. The molecule has 0 radical (unpaired) electrons. The van der Waals surface area contributed by atoms with E-state index in [4.69, 9.17) is 18.6 Å². The molecular weight excluding hydrogens is 312 g/mol. The lowest BCUT2D eigenvalue weighted by molar-refractivity contribution is -0.0960. The van der Waals surface area contributed by atoms with Crippen LogP contribution in [-0.2, 0) is 14.2 Å². The molecule has 4 nitrogen and oxygen atoms in total. The fraction of sp³-hybridized carbons (Fsp3) is 0.714. The highest BCUT2D eigenvalue weighted by Crippen LogP contribution is 2.51. The van der Waals surface area contributed by atoms with E-state index in [0.717, 1.165) is 16.0 Å². The van der Waals surface area contributed by atoms with Crippen molar-refractivity contribution in [1.82, 2.24) is 0 Å². The number of ether oxygens (including phenoxy) is 3. The Bertz CT molecular complexity index is 439. The van der Waals surface area contributed by atoms with Gasteiger partial charge in [-0.2, -0.15) is 0 Å². The standard InChI is InChI=1S/C14H21BrO4/c1-8(2)11(17-7-16-5)12-9(15)6-10(18-12)13-14(3,4)19-13/h6,8,11,13H,7H2,1-5H3. The minimum Gasteiger partial charge on any atom is -0.459 e. The van der Waals surface area contributed by atoms with E-state index in [9.17, 15) is 0 Å². The first-order valence-corrected chi connectivity index (χ1v) is 7.23. The molecule has 108 valence electrons. The molecule has 0 aromatic carbocycles. The topological polar surface area (TPSA) is 44.1 Å². The first-order valence-electron chi connectivity index (χ1n) is 6.44. The van der Waals surface area contributed by atoms with Gasteiger partial charge in [0.1, 0.15) is 30.5 Å². The highest BCUT2D eigenvalue weighted by Gasteiger charge is 2.51. The molecule has 0 saturated carbocycles. The second kappa shape index (κ2) is 5.56. The van der Waals surface area contributed by atoms with Crippen LogP contribution in [-0.4, -0.2) is 19.5 Å². The van der Waals surface area contributed by atoms with Crippen LogP contribution in [0.5, 0.6) is 0 Å². The number of methoxy groups -OCH3 is 1. The molecule has 1 aliphatic heterocycles. The Balaban J connectivity index is 2.18. The van der Waals surface area contributed by atoms with Gasteiger partial charge in [-0.05, 0) is 41.8 Å². The highest BCUT2D eigenvalue weighted by molar-refractivity contribution is 9.10. The van der Waals surface area contributed by atoms with Crippen molar-refractivity contribution >= 4 is 15.9 Å². The van der Waals surface area contributed by atoms with E-state index in [1.807, 2.05) is 6.07 Å². The Kier molecular flexibility index (Phi) is 4.40. The maximum absolute atomic E-state index is 5.94. The van der Waals surface area contributed by atoms with E-state index in [1.54, 1.807) is 7.11 Å². The molecular formula is C14H21BrO4. The van der Waals surface area contributed by atoms with Crippen LogP contribution >= 0.6 is 15.9 Å². The molecule has 1 aromatic heterocycles.